The predicted molar refractivity (Wildman–Crippen MR) is 84.9 cm³/mol. The van der Waals surface area contributed by atoms with Crippen LogP contribution in [0.2, 0.25) is 0 Å². The van der Waals surface area contributed by atoms with Crippen molar-refractivity contribution in [1.82, 2.24) is 10.2 Å². The van der Waals surface area contributed by atoms with Gasteiger partial charge < -0.3 is 5.32 Å². The van der Waals surface area contributed by atoms with Crippen molar-refractivity contribution in [3.8, 4) is 0 Å². The van der Waals surface area contributed by atoms with Gasteiger partial charge >= 0.3 is 0 Å². The molecule has 1 aromatic heterocycles. The van der Waals surface area contributed by atoms with Gasteiger partial charge in [-0.3, -0.25) is 4.90 Å². The van der Waals surface area contributed by atoms with Gasteiger partial charge in [-0.15, -0.1) is 11.3 Å². The van der Waals surface area contributed by atoms with Gasteiger partial charge in [0.2, 0.25) is 0 Å². The van der Waals surface area contributed by atoms with Gasteiger partial charge in [-0.2, -0.15) is 0 Å². The number of hydrogen-bond acceptors (Lipinski definition) is 3. The average molecular weight is 280 g/mol. The molecule has 0 radical (unpaired) electrons. The quantitative estimate of drug-likeness (QED) is 0.857. The molecule has 1 fully saturated rings. The second-order valence-electron chi connectivity index (χ2n) is 6.32. The van der Waals surface area contributed by atoms with Gasteiger partial charge in [0.25, 0.3) is 0 Å². The minimum atomic E-state index is 0.707. The summed E-state index contributed by atoms with van der Waals surface area (Å²) in [6.45, 7) is 13.8. The van der Waals surface area contributed by atoms with Crippen molar-refractivity contribution in [3.05, 3.63) is 21.4 Å². The lowest BCUT2D eigenvalue weighted by molar-refractivity contribution is 0.216. The topological polar surface area (TPSA) is 15.3 Å². The van der Waals surface area contributed by atoms with Crippen molar-refractivity contribution in [2.45, 2.75) is 53.1 Å². The number of hydrogen-bond donors (Lipinski definition) is 1. The Morgan fingerprint density at radius 3 is 2.74 bits per heavy atom. The zero-order chi connectivity index (χ0) is 13.8. The second kappa shape index (κ2) is 6.87. The van der Waals surface area contributed by atoms with E-state index in [1.165, 1.54) is 47.8 Å². The SMILES string of the molecule is Cc1cc(CN(CC(C)C)CC2CCCN2)c(C)s1. The average Bonchev–Trinajstić information content (AvgIpc) is 2.89. The van der Waals surface area contributed by atoms with Crippen LogP contribution in [0.5, 0.6) is 0 Å². The van der Waals surface area contributed by atoms with Gasteiger partial charge in [-0.25, -0.2) is 0 Å². The van der Waals surface area contributed by atoms with E-state index in [1.807, 2.05) is 11.3 Å². The monoisotopic (exact) mass is 280 g/mol. The molecule has 1 atom stereocenters. The molecule has 1 aromatic rings. The fourth-order valence-corrected chi connectivity index (χ4v) is 3.96. The zero-order valence-corrected chi connectivity index (χ0v) is 13.6. The molecule has 3 heteroatoms. The van der Waals surface area contributed by atoms with Gasteiger partial charge in [0.1, 0.15) is 0 Å². The van der Waals surface area contributed by atoms with E-state index < -0.39 is 0 Å². The molecule has 1 aliphatic heterocycles. The van der Waals surface area contributed by atoms with Crippen molar-refractivity contribution < 1.29 is 0 Å². The van der Waals surface area contributed by atoms with E-state index in [4.69, 9.17) is 0 Å². The molecular weight excluding hydrogens is 252 g/mol. The molecule has 1 unspecified atom stereocenters. The van der Waals surface area contributed by atoms with Crippen LogP contribution in [0, 0.1) is 19.8 Å². The third-order valence-electron chi connectivity index (χ3n) is 3.80. The maximum absolute atomic E-state index is 3.63. The van der Waals surface area contributed by atoms with Crippen LogP contribution in [-0.4, -0.2) is 30.6 Å². The lowest BCUT2D eigenvalue weighted by atomic mass is 10.1. The molecule has 2 heterocycles. The van der Waals surface area contributed by atoms with Crippen LogP contribution in [0.4, 0.5) is 0 Å². The number of nitrogens with zero attached hydrogens (tertiary/aromatic N) is 1. The summed E-state index contributed by atoms with van der Waals surface area (Å²) in [5.41, 5.74) is 1.53. The van der Waals surface area contributed by atoms with Crippen molar-refractivity contribution in [2.24, 2.45) is 5.92 Å². The van der Waals surface area contributed by atoms with Crippen LogP contribution in [0.1, 0.15) is 42.0 Å². The van der Waals surface area contributed by atoms with E-state index in [9.17, 15) is 0 Å². The summed E-state index contributed by atoms with van der Waals surface area (Å²) in [5, 5.41) is 3.63. The summed E-state index contributed by atoms with van der Waals surface area (Å²) < 4.78 is 0. The molecule has 2 nitrogen and oxygen atoms in total. The van der Waals surface area contributed by atoms with Crippen molar-refractivity contribution >= 4 is 11.3 Å². The van der Waals surface area contributed by atoms with Gasteiger partial charge in [0.15, 0.2) is 0 Å². The summed E-state index contributed by atoms with van der Waals surface area (Å²) in [6.07, 6.45) is 2.69. The predicted octanol–water partition coefficient (Wildman–Crippen LogP) is 3.57. The summed E-state index contributed by atoms with van der Waals surface area (Å²) in [4.78, 5) is 5.57. The first kappa shape index (κ1) is 15.0. The minimum absolute atomic E-state index is 0.707. The van der Waals surface area contributed by atoms with Crippen molar-refractivity contribution in [3.63, 3.8) is 0 Å². The first-order valence-corrected chi connectivity index (χ1v) is 8.38. The molecule has 2 rings (SSSR count). The summed E-state index contributed by atoms with van der Waals surface area (Å²) in [6, 6.07) is 3.08. The highest BCUT2D eigenvalue weighted by molar-refractivity contribution is 7.12. The van der Waals surface area contributed by atoms with Gasteiger partial charge in [0.05, 0.1) is 0 Å². The molecule has 19 heavy (non-hydrogen) atoms. The first-order valence-electron chi connectivity index (χ1n) is 7.56. The van der Waals surface area contributed by atoms with Crippen LogP contribution >= 0.6 is 11.3 Å². The largest absolute Gasteiger partial charge is 0.313 e. The standard InChI is InChI=1S/C16H28N2S/c1-12(2)9-18(11-16-6-5-7-17-16)10-15-8-13(3)19-14(15)4/h8,12,16-17H,5-7,9-11H2,1-4H3. The molecule has 0 spiro atoms. The van der Waals surface area contributed by atoms with E-state index in [2.05, 4.69) is 44.0 Å². The summed E-state index contributed by atoms with van der Waals surface area (Å²) in [5.74, 6) is 0.737. The normalized spacial score (nSPS) is 19.8. The molecule has 0 aromatic carbocycles. The molecule has 0 aliphatic carbocycles. The number of thiophene rings is 1. The summed E-state index contributed by atoms with van der Waals surface area (Å²) >= 11 is 1.93. The Morgan fingerprint density at radius 1 is 1.42 bits per heavy atom. The number of rotatable bonds is 6. The Balaban J connectivity index is 1.98. The highest BCUT2D eigenvalue weighted by Gasteiger charge is 2.19. The van der Waals surface area contributed by atoms with Crippen LogP contribution in [0.15, 0.2) is 6.07 Å². The van der Waals surface area contributed by atoms with Gasteiger partial charge in [0, 0.05) is 35.4 Å². The second-order valence-corrected chi connectivity index (χ2v) is 7.78. The van der Waals surface area contributed by atoms with Gasteiger partial charge in [-0.05, 0) is 50.8 Å². The van der Waals surface area contributed by atoms with Crippen LogP contribution in [0.25, 0.3) is 0 Å². The highest BCUT2D eigenvalue weighted by atomic mass is 32.1. The molecule has 0 amide bonds. The maximum Gasteiger partial charge on any atom is 0.0245 e. The molecule has 1 N–H and O–H groups in total. The number of aryl methyl sites for hydroxylation is 2. The van der Waals surface area contributed by atoms with E-state index in [-0.39, 0.29) is 0 Å². The molecule has 1 aliphatic rings. The van der Waals surface area contributed by atoms with Crippen LogP contribution in [0.3, 0.4) is 0 Å². The minimum Gasteiger partial charge on any atom is -0.313 e. The lowest BCUT2D eigenvalue weighted by Crippen LogP contribution is -2.39. The Hall–Kier alpha value is -0.380. The van der Waals surface area contributed by atoms with Gasteiger partial charge in [-0.1, -0.05) is 13.8 Å². The number of nitrogens with one attached hydrogen (secondary N) is 1. The van der Waals surface area contributed by atoms with Crippen molar-refractivity contribution in [1.29, 1.82) is 0 Å². The molecule has 1 saturated heterocycles. The first-order chi connectivity index (χ1) is 9.04. The molecule has 0 bridgehead atoms. The maximum atomic E-state index is 3.63. The van der Waals surface area contributed by atoms with Crippen LogP contribution in [-0.2, 0) is 6.54 Å². The van der Waals surface area contributed by atoms with E-state index in [0.717, 1.165) is 12.5 Å². The third-order valence-corrected chi connectivity index (χ3v) is 4.81. The fourth-order valence-electron chi connectivity index (χ4n) is 3.03. The van der Waals surface area contributed by atoms with E-state index in [0.29, 0.717) is 6.04 Å². The van der Waals surface area contributed by atoms with E-state index in [1.54, 1.807) is 0 Å². The molecule has 108 valence electrons. The third kappa shape index (κ3) is 4.59. The zero-order valence-electron chi connectivity index (χ0n) is 12.8. The highest BCUT2D eigenvalue weighted by Crippen LogP contribution is 2.23. The van der Waals surface area contributed by atoms with E-state index >= 15 is 0 Å². The Bertz CT molecular complexity index is 391. The lowest BCUT2D eigenvalue weighted by Gasteiger charge is -2.27. The molecule has 0 saturated carbocycles. The van der Waals surface area contributed by atoms with Crippen molar-refractivity contribution in [2.75, 3.05) is 19.6 Å². The molecular formula is C16H28N2S. The van der Waals surface area contributed by atoms with Crippen LogP contribution < -0.4 is 5.32 Å². The Labute approximate surface area is 122 Å². The Kier molecular flexibility index (Phi) is 5.43. The summed E-state index contributed by atoms with van der Waals surface area (Å²) in [7, 11) is 0. The Morgan fingerprint density at radius 2 is 2.21 bits per heavy atom. The smallest absolute Gasteiger partial charge is 0.0245 e. The fraction of sp³-hybridized carbons (Fsp3) is 0.750.